The Balaban J connectivity index is 1.95. The molecule has 0 spiro atoms. The number of piperazine rings is 1. The number of rotatable bonds is 5. The van der Waals surface area contributed by atoms with Crippen molar-refractivity contribution < 1.29 is 5.11 Å². The highest BCUT2D eigenvalue weighted by Gasteiger charge is 2.21. The molecule has 19 heavy (non-hydrogen) atoms. The molecule has 1 aliphatic rings. The van der Waals surface area contributed by atoms with Crippen molar-refractivity contribution in [3.05, 3.63) is 10.6 Å². The van der Waals surface area contributed by atoms with Gasteiger partial charge in [0, 0.05) is 32.7 Å². The second-order valence-corrected chi connectivity index (χ2v) is 6.62. The smallest absolute Gasteiger partial charge is 0.185 e. The Bertz CT molecular complexity index is 376. The largest absolute Gasteiger partial charge is 0.391 e. The van der Waals surface area contributed by atoms with Crippen molar-refractivity contribution in [2.45, 2.75) is 33.8 Å². The summed E-state index contributed by atoms with van der Waals surface area (Å²) in [7, 11) is 0. The summed E-state index contributed by atoms with van der Waals surface area (Å²) in [6.45, 7) is 12.3. The summed E-state index contributed by atoms with van der Waals surface area (Å²) in [6, 6.07) is 0. The summed E-state index contributed by atoms with van der Waals surface area (Å²) < 4.78 is 0. The van der Waals surface area contributed by atoms with Crippen molar-refractivity contribution in [2.75, 3.05) is 37.6 Å². The average molecular weight is 283 g/mol. The second-order valence-electron chi connectivity index (χ2n) is 5.56. The summed E-state index contributed by atoms with van der Waals surface area (Å²) in [4.78, 5) is 10.6. The van der Waals surface area contributed by atoms with Crippen LogP contribution in [0.3, 0.4) is 0 Å². The maximum Gasteiger partial charge on any atom is 0.185 e. The Kier molecular flexibility index (Phi) is 5.19. The molecule has 2 rings (SSSR count). The minimum absolute atomic E-state index is 0.119. The van der Waals surface area contributed by atoms with Crippen LogP contribution < -0.4 is 4.90 Å². The van der Waals surface area contributed by atoms with Gasteiger partial charge in [-0.3, -0.25) is 4.90 Å². The van der Waals surface area contributed by atoms with Crippen molar-refractivity contribution in [1.82, 2.24) is 9.88 Å². The number of aromatic nitrogens is 1. The fourth-order valence-corrected chi connectivity index (χ4v) is 3.60. The number of aryl methyl sites for hydroxylation is 1. The zero-order valence-electron chi connectivity index (χ0n) is 12.2. The maximum absolute atomic E-state index is 9.35. The molecule has 1 aliphatic heterocycles. The zero-order valence-corrected chi connectivity index (χ0v) is 13.0. The van der Waals surface area contributed by atoms with Crippen LogP contribution in [0.5, 0.6) is 0 Å². The second kappa shape index (κ2) is 6.68. The highest BCUT2D eigenvalue weighted by molar-refractivity contribution is 7.15. The SMILES string of the molecule is CCc1nc(N2CCN(CC(C)C)CC2)sc1CO. The van der Waals surface area contributed by atoms with Gasteiger partial charge in [-0.1, -0.05) is 32.1 Å². The van der Waals surface area contributed by atoms with Gasteiger partial charge in [0.15, 0.2) is 5.13 Å². The van der Waals surface area contributed by atoms with Crippen molar-refractivity contribution in [3.8, 4) is 0 Å². The van der Waals surface area contributed by atoms with Gasteiger partial charge in [0.2, 0.25) is 0 Å². The van der Waals surface area contributed by atoms with E-state index in [2.05, 4.69) is 35.6 Å². The molecule has 4 nitrogen and oxygen atoms in total. The van der Waals surface area contributed by atoms with Crippen LogP contribution in [0.2, 0.25) is 0 Å². The first-order valence-corrected chi connectivity index (χ1v) is 8.02. The lowest BCUT2D eigenvalue weighted by Crippen LogP contribution is -2.47. The molecule has 0 aliphatic carbocycles. The predicted molar refractivity (Wildman–Crippen MR) is 80.9 cm³/mol. The fraction of sp³-hybridized carbons (Fsp3) is 0.786. The Morgan fingerprint density at radius 1 is 1.26 bits per heavy atom. The number of anilines is 1. The van der Waals surface area contributed by atoms with Crippen LogP contribution in [0.4, 0.5) is 5.13 Å². The summed E-state index contributed by atoms with van der Waals surface area (Å²) in [6.07, 6.45) is 0.902. The minimum Gasteiger partial charge on any atom is -0.391 e. The van der Waals surface area contributed by atoms with E-state index in [0.717, 1.165) is 54.2 Å². The Labute approximate surface area is 120 Å². The summed E-state index contributed by atoms with van der Waals surface area (Å²) in [5.74, 6) is 0.735. The number of thiazole rings is 1. The van der Waals surface area contributed by atoms with Gasteiger partial charge in [-0.25, -0.2) is 4.98 Å². The Morgan fingerprint density at radius 2 is 1.95 bits per heavy atom. The van der Waals surface area contributed by atoms with Crippen LogP contribution in [-0.2, 0) is 13.0 Å². The van der Waals surface area contributed by atoms with Crippen LogP contribution in [0, 0.1) is 5.92 Å². The Hall–Kier alpha value is -0.650. The molecule has 0 saturated carbocycles. The third-order valence-electron chi connectivity index (χ3n) is 3.51. The minimum atomic E-state index is 0.119. The molecular formula is C14H25N3OS. The van der Waals surface area contributed by atoms with E-state index in [-0.39, 0.29) is 6.61 Å². The van der Waals surface area contributed by atoms with E-state index < -0.39 is 0 Å². The van der Waals surface area contributed by atoms with E-state index in [9.17, 15) is 5.11 Å². The number of nitrogens with zero attached hydrogens (tertiary/aromatic N) is 3. The van der Waals surface area contributed by atoms with E-state index >= 15 is 0 Å². The number of aliphatic hydroxyl groups excluding tert-OH is 1. The molecule has 0 unspecified atom stereocenters. The zero-order chi connectivity index (χ0) is 13.8. The molecule has 0 bridgehead atoms. The first kappa shape index (κ1) is 14.8. The lowest BCUT2D eigenvalue weighted by molar-refractivity contribution is 0.231. The van der Waals surface area contributed by atoms with Gasteiger partial charge < -0.3 is 10.0 Å². The number of hydrogen-bond acceptors (Lipinski definition) is 5. The Morgan fingerprint density at radius 3 is 2.42 bits per heavy atom. The van der Waals surface area contributed by atoms with E-state index in [1.54, 1.807) is 11.3 Å². The predicted octanol–water partition coefficient (Wildman–Crippen LogP) is 1.98. The van der Waals surface area contributed by atoms with E-state index in [0.29, 0.717) is 0 Å². The molecule has 5 heteroatoms. The fourth-order valence-electron chi connectivity index (χ4n) is 2.54. The molecule has 0 aromatic carbocycles. The van der Waals surface area contributed by atoms with E-state index in [1.165, 1.54) is 6.54 Å². The first-order chi connectivity index (χ1) is 9.13. The monoisotopic (exact) mass is 283 g/mol. The lowest BCUT2D eigenvalue weighted by atomic mass is 10.2. The van der Waals surface area contributed by atoms with Crippen LogP contribution in [0.15, 0.2) is 0 Å². The normalized spacial score (nSPS) is 17.4. The van der Waals surface area contributed by atoms with Crippen LogP contribution in [0.1, 0.15) is 31.3 Å². The quantitative estimate of drug-likeness (QED) is 0.897. The molecule has 1 fully saturated rings. The molecule has 1 aromatic heterocycles. The van der Waals surface area contributed by atoms with Crippen LogP contribution in [-0.4, -0.2) is 47.7 Å². The summed E-state index contributed by atoms with van der Waals surface area (Å²) in [5, 5.41) is 10.4. The van der Waals surface area contributed by atoms with Crippen molar-refractivity contribution in [2.24, 2.45) is 5.92 Å². The highest BCUT2D eigenvalue weighted by Crippen LogP contribution is 2.27. The van der Waals surface area contributed by atoms with E-state index in [1.807, 2.05) is 0 Å². The van der Waals surface area contributed by atoms with Gasteiger partial charge in [-0.2, -0.15) is 0 Å². The van der Waals surface area contributed by atoms with E-state index in [4.69, 9.17) is 0 Å². The average Bonchev–Trinajstić information content (AvgIpc) is 2.82. The topological polar surface area (TPSA) is 39.6 Å². The number of hydrogen-bond donors (Lipinski definition) is 1. The van der Waals surface area contributed by atoms with Gasteiger partial charge >= 0.3 is 0 Å². The summed E-state index contributed by atoms with van der Waals surface area (Å²) in [5.41, 5.74) is 1.06. The van der Waals surface area contributed by atoms with Gasteiger partial charge in [-0.15, -0.1) is 0 Å². The van der Waals surface area contributed by atoms with Gasteiger partial charge in [0.1, 0.15) is 0 Å². The third-order valence-corrected chi connectivity index (χ3v) is 4.65. The van der Waals surface area contributed by atoms with Crippen molar-refractivity contribution >= 4 is 16.5 Å². The molecule has 1 N–H and O–H groups in total. The number of aliphatic hydroxyl groups is 1. The highest BCUT2D eigenvalue weighted by atomic mass is 32.1. The molecular weight excluding hydrogens is 258 g/mol. The van der Waals surface area contributed by atoms with Crippen LogP contribution in [0.25, 0.3) is 0 Å². The molecule has 2 heterocycles. The molecule has 1 saturated heterocycles. The molecule has 0 radical (unpaired) electrons. The van der Waals surface area contributed by atoms with Gasteiger partial charge in [0.25, 0.3) is 0 Å². The standard InChI is InChI=1S/C14H25N3OS/c1-4-12-13(10-18)19-14(15-12)17-7-5-16(6-8-17)9-11(2)3/h11,18H,4-10H2,1-3H3. The molecule has 0 amide bonds. The molecule has 1 aromatic rings. The van der Waals surface area contributed by atoms with Crippen molar-refractivity contribution in [3.63, 3.8) is 0 Å². The molecule has 108 valence electrons. The first-order valence-electron chi connectivity index (χ1n) is 7.20. The van der Waals surface area contributed by atoms with Gasteiger partial charge in [-0.05, 0) is 12.3 Å². The van der Waals surface area contributed by atoms with Crippen LogP contribution >= 0.6 is 11.3 Å². The van der Waals surface area contributed by atoms with Crippen molar-refractivity contribution in [1.29, 1.82) is 0 Å². The summed E-state index contributed by atoms with van der Waals surface area (Å²) >= 11 is 1.65. The molecule has 0 atom stereocenters. The third kappa shape index (κ3) is 3.68. The van der Waals surface area contributed by atoms with Gasteiger partial charge in [0.05, 0.1) is 17.2 Å². The maximum atomic E-state index is 9.35. The lowest BCUT2D eigenvalue weighted by Gasteiger charge is -2.35.